The van der Waals surface area contributed by atoms with Crippen molar-refractivity contribution in [1.82, 2.24) is 0 Å². The van der Waals surface area contributed by atoms with Crippen molar-refractivity contribution in [2.75, 3.05) is 79.6 Å². The maximum Gasteiger partial charge on any atom is 0.122 e. The number of hydrogen-bond donors (Lipinski definition) is 1. The summed E-state index contributed by atoms with van der Waals surface area (Å²) in [6.07, 6.45) is 0. The Morgan fingerprint density at radius 3 is 1.72 bits per heavy atom. The lowest BCUT2D eigenvalue weighted by Crippen LogP contribution is -2.46. The molecule has 0 aromatic heterocycles. The van der Waals surface area contributed by atoms with Gasteiger partial charge in [-0.15, -0.1) is 0 Å². The second-order valence-electron chi connectivity index (χ2n) is 14.1. The zero-order chi connectivity index (χ0) is 37.8. The molecule has 0 aliphatic rings. The third kappa shape index (κ3) is 9.84. The van der Waals surface area contributed by atoms with E-state index < -0.39 is 0 Å². The number of methoxy groups -OCH3 is 1. The maximum atomic E-state index is 9.09. The van der Waals surface area contributed by atoms with Crippen LogP contribution in [0, 0.1) is 20.8 Å². The molecule has 5 aromatic rings. The zero-order valence-electron chi connectivity index (χ0n) is 33.1. The monoisotopic (exact) mass is 722 g/mol. The third-order valence-electron chi connectivity index (χ3n) is 10.7. The molecule has 7 heteroatoms. The highest BCUT2D eigenvalue weighted by Crippen LogP contribution is 2.46. The molecular weight excluding hydrogens is 663 g/mol. The van der Waals surface area contributed by atoms with Gasteiger partial charge in [-0.2, -0.15) is 0 Å². The number of aliphatic hydroxyl groups excluding tert-OH is 1. The number of hydrogen-bond acceptors (Lipinski definition) is 6. The minimum atomic E-state index is 0.0177. The van der Waals surface area contributed by atoms with Crippen LogP contribution in [0.3, 0.4) is 0 Å². The van der Waals surface area contributed by atoms with Crippen molar-refractivity contribution in [3.05, 3.63) is 101 Å². The lowest BCUT2D eigenvalue weighted by Gasteiger charge is -2.36. The molecular formula is C46H60NO6+. The summed E-state index contributed by atoms with van der Waals surface area (Å²) in [5.74, 6) is 0.865. The second kappa shape index (κ2) is 19.5. The highest BCUT2D eigenvalue weighted by Gasteiger charge is 2.25. The van der Waals surface area contributed by atoms with Gasteiger partial charge < -0.3 is 33.3 Å². The van der Waals surface area contributed by atoms with E-state index >= 15 is 0 Å². The minimum Gasteiger partial charge on any atom is -0.491 e. The molecule has 5 rings (SSSR count). The van der Waals surface area contributed by atoms with Crippen molar-refractivity contribution in [2.24, 2.45) is 0 Å². The molecule has 0 radical (unpaired) electrons. The molecule has 0 fully saturated rings. The van der Waals surface area contributed by atoms with Gasteiger partial charge in [0.15, 0.2) is 0 Å². The Hall–Kier alpha value is -3.82. The Morgan fingerprint density at radius 2 is 1.11 bits per heavy atom. The smallest absolute Gasteiger partial charge is 0.122 e. The predicted octanol–water partition coefficient (Wildman–Crippen LogP) is 9.20. The molecule has 0 atom stereocenters. The number of aryl methyl sites for hydroxylation is 3. The summed E-state index contributed by atoms with van der Waals surface area (Å²) in [5.41, 5.74) is 10.9. The number of fused-ring (bicyclic) bond motifs is 3. The number of aliphatic hydroxyl groups is 1. The lowest BCUT2D eigenvalue weighted by molar-refractivity contribution is -0.936. The molecule has 0 unspecified atom stereocenters. The molecule has 0 aliphatic carbocycles. The number of ether oxygens (including phenoxy) is 5. The van der Waals surface area contributed by atoms with Gasteiger partial charge in [-0.05, 0) is 115 Å². The Morgan fingerprint density at radius 1 is 0.547 bits per heavy atom. The summed E-state index contributed by atoms with van der Waals surface area (Å²) in [7, 11) is 1.68. The average molecular weight is 723 g/mol. The summed E-state index contributed by atoms with van der Waals surface area (Å²) < 4.78 is 29.5. The molecule has 7 nitrogen and oxygen atoms in total. The van der Waals surface area contributed by atoms with Gasteiger partial charge in [-0.3, -0.25) is 0 Å². The normalized spacial score (nSPS) is 11.9. The Bertz CT molecular complexity index is 1940. The molecule has 0 aliphatic heterocycles. The van der Waals surface area contributed by atoms with E-state index in [4.69, 9.17) is 28.8 Å². The molecule has 284 valence electrons. The molecule has 0 saturated carbocycles. The van der Waals surface area contributed by atoms with E-state index in [2.05, 4.69) is 114 Å². The van der Waals surface area contributed by atoms with Crippen molar-refractivity contribution in [1.29, 1.82) is 0 Å². The fourth-order valence-corrected chi connectivity index (χ4v) is 7.39. The van der Waals surface area contributed by atoms with Crippen molar-refractivity contribution in [3.8, 4) is 28.0 Å². The molecule has 5 aromatic carbocycles. The fourth-order valence-electron chi connectivity index (χ4n) is 7.39. The van der Waals surface area contributed by atoms with Crippen LogP contribution < -0.4 is 4.74 Å². The van der Waals surface area contributed by atoms with E-state index in [1.165, 1.54) is 60.5 Å². The SMILES string of the molecule is CC[N+](CC)(CC)Cc1cc(-c2c(-c3ccc(OCCOCCOC)c(C)c3)c3cc(C)ccc3c3ccc(C)cc23)ccc1COCCOCCO. The van der Waals surface area contributed by atoms with Crippen LogP contribution in [0.1, 0.15) is 48.6 Å². The van der Waals surface area contributed by atoms with Crippen LogP contribution in [-0.2, 0) is 32.1 Å². The lowest BCUT2D eigenvalue weighted by atomic mass is 9.83. The summed E-state index contributed by atoms with van der Waals surface area (Å²) in [5, 5.41) is 14.1. The van der Waals surface area contributed by atoms with Gasteiger partial charge in [0.2, 0.25) is 0 Å². The van der Waals surface area contributed by atoms with Crippen LogP contribution >= 0.6 is 0 Å². The van der Waals surface area contributed by atoms with E-state index in [-0.39, 0.29) is 6.61 Å². The number of rotatable bonds is 21. The summed E-state index contributed by atoms with van der Waals surface area (Å²) in [6, 6.07) is 27.3. The standard InChI is InChI=1S/C46H60NO6/c1-8-47(9-2,10-3)31-39-30-37(13-14-38(39)32-52-24-23-50-20-19-48)46-43-28-34(5)12-17-41(43)40-16-11-33(4)27-42(40)45(46)36-15-18-44(35(6)29-36)53-26-25-51-22-21-49-7/h11-18,27-30,48H,8-10,19-26,31-32H2,1-7H3/q+1. The van der Waals surface area contributed by atoms with Crippen molar-refractivity contribution < 1.29 is 33.3 Å². The average Bonchev–Trinajstić information content (AvgIpc) is 3.17. The molecule has 0 spiro atoms. The van der Waals surface area contributed by atoms with E-state index in [9.17, 15) is 0 Å². The van der Waals surface area contributed by atoms with Gasteiger partial charge in [0.05, 0.1) is 72.5 Å². The van der Waals surface area contributed by atoms with Gasteiger partial charge in [0.1, 0.15) is 18.9 Å². The third-order valence-corrected chi connectivity index (χ3v) is 10.7. The highest BCUT2D eigenvalue weighted by atomic mass is 16.5. The molecule has 53 heavy (non-hydrogen) atoms. The quantitative estimate of drug-likeness (QED) is 0.0463. The van der Waals surface area contributed by atoms with Crippen molar-refractivity contribution >= 4 is 21.5 Å². The van der Waals surface area contributed by atoms with E-state index in [0.29, 0.717) is 52.9 Å². The first-order valence-corrected chi connectivity index (χ1v) is 19.3. The minimum absolute atomic E-state index is 0.0177. The first-order chi connectivity index (χ1) is 25.8. The molecule has 0 bridgehead atoms. The molecule has 1 N–H and O–H groups in total. The first-order valence-electron chi connectivity index (χ1n) is 19.3. The van der Waals surface area contributed by atoms with Gasteiger partial charge in [0, 0.05) is 12.7 Å². The zero-order valence-corrected chi connectivity index (χ0v) is 33.1. The van der Waals surface area contributed by atoms with Crippen molar-refractivity contribution in [3.63, 3.8) is 0 Å². The Kier molecular flexibility index (Phi) is 14.8. The molecule has 0 heterocycles. The number of quaternary nitrogens is 1. The van der Waals surface area contributed by atoms with Crippen LogP contribution in [0.5, 0.6) is 5.75 Å². The first kappa shape index (κ1) is 40.4. The second-order valence-corrected chi connectivity index (χ2v) is 14.1. The van der Waals surface area contributed by atoms with Crippen LogP contribution in [-0.4, -0.2) is 89.2 Å². The highest BCUT2D eigenvalue weighted by molar-refractivity contribution is 6.21. The van der Waals surface area contributed by atoms with Crippen LogP contribution in [0.15, 0.2) is 72.8 Å². The van der Waals surface area contributed by atoms with E-state index in [1.54, 1.807) is 7.11 Å². The van der Waals surface area contributed by atoms with Gasteiger partial charge >= 0.3 is 0 Å². The predicted molar refractivity (Wildman–Crippen MR) is 218 cm³/mol. The van der Waals surface area contributed by atoms with E-state index in [0.717, 1.165) is 47.5 Å². The number of benzene rings is 5. The fraction of sp³-hybridized carbons (Fsp3) is 0.435. The van der Waals surface area contributed by atoms with Crippen LogP contribution in [0.4, 0.5) is 0 Å². The van der Waals surface area contributed by atoms with E-state index in [1.807, 2.05) is 0 Å². The van der Waals surface area contributed by atoms with Gasteiger partial charge in [0.25, 0.3) is 0 Å². The van der Waals surface area contributed by atoms with Crippen LogP contribution in [0.2, 0.25) is 0 Å². The summed E-state index contributed by atoms with van der Waals surface area (Å²) in [6.45, 7) is 21.4. The van der Waals surface area contributed by atoms with Gasteiger partial charge in [-0.1, -0.05) is 65.7 Å². The van der Waals surface area contributed by atoms with Crippen LogP contribution in [0.25, 0.3) is 43.8 Å². The van der Waals surface area contributed by atoms with Gasteiger partial charge in [-0.25, -0.2) is 0 Å². The largest absolute Gasteiger partial charge is 0.491 e. The number of nitrogens with zero attached hydrogens (tertiary/aromatic N) is 1. The maximum absolute atomic E-state index is 9.09. The topological polar surface area (TPSA) is 66.4 Å². The van der Waals surface area contributed by atoms with Crippen molar-refractivity contribution in [2.45, 2.75) is 54.7 Å². The summed E-state index contributed by atoms with van der Waals surface area (Å²) in [4.78, 5) is 0. The molecule has 0 amide bonds. The molecule has 0 saturated heterocycles. The Balaban J connectivity index is 1.68. The summed E-state index contributed by atoms with van der Waals surface area (Å²) >= 11 is 0. The Labute approximate surface area is 317 Å².